The fourth-order valence-electron chi connectivity index (χ4n) is 0.971. The molecule has 68 valence electrons. The second-order valence-electron chi connectivity index (χ2n) is 2.27. The molecule has 1 aromatic rings. The average Bonchev–Trinajstić information content (AvgIpc) is 2.17. The van der Waals surface area contributed by atoms with Crippen LogP contribution < -0.4 is 9.47 Å². The number of hydrogen-bond donors (Lipinski definition) is 0. The van der Waals surface area contributed by atoms with Gasteiger partial charge in [-0.05, 0) is 28.1 Å². The molecule has 13 heavy (non-hydrogen) atoms. The SMILES string of the molecule is COc1ccc(OC)c(C#N)c1Br. The predicted octanol–water partition coefficient (Wildman–Crippen LogP) is 2.34. The lowest BCUT2D eigenvalue weighted by molar-refractivity contribution is 0.399. The summed E-state index contributed by atoms with van der Waals surface area (Å²) in [5.74, 6) is 1.16. The molecule has 0 heterocycles. The summed E-state index contributed by atoms with van der Waals surface area (Å²) in [6.45, 7) is 0. The maximum absolute atomic E-state index is 8.83. The van der Waals surface area contributed by atoms with Crippen LogP contribution in [0.3, 0.4) is 0 Å². The molecule has 0 bridgehead atoms. The summed E-state index contributed by atoms with van der Waals surface area (Å²) in [4.78, 5) is 0. The van der Waals surface area contributed by atoms with E-state index in [1.165, 1.54) is 7.11 Å². The molecule has 0 unspecified atom stereocenters. The van der Waals surface area contributed by atoms with Gasteiger partial charge in [-0.3, -0.25) is 0 Å². The first-order valence-corrected chi connectivity index (χ1v) is 4.34. The van der Waals surface area contributed by atoms with Crippen LogP contribution in [0.1, 0.15) is 5.56 Å². The first-order valence-electron chi connectivity index (χ1n) is 3.55. The smallest absolute Gasteiger partial charge is 0.138 e. The van der Waals surface area contributed by atoms with Crippen molar-refractivity contribution >= 4 is 15.9 Å². The van der Waals surface area contributed by atoms with E-state index in [0.29, 0.717) is 21.5 Å². The van der Waals surface area contributed by atoms with Gasteiger partial charge in [-0.25, -0.2) is 0 Å². The van der Waals surface area contributed by atoms with Crippen LogP contribution in [0.2, 0.25) is 0 Å². The second kappa shape index (κ2) is 4.15. The van der Waals surface area contributed by atoms with Crippen molar-refractivity contribution in [2.24, 2.45) is 0 Å². The van der Waals surface area contributed by atoms with Crippen LogP contribution in [-0.4, -0.2) is 14.2 Å². The van der Waals surface area contributed by atoms with E-state index in [9.17, 15) is 0 Å². The van der Waals surface area contributed by atoms with Crippen molar-refractivity contribution in [3.8, 4) is 17.6 Å². The Kier molecular flexibility index (Phi) is 3.15. The van der Waals surface area contributed by atoms with Crippen LogP contribution in [0.15, 0.2) is 16.6 Å². The van der Waals surface area contributed by atoms with Gasteiger partial charge < -0.3 is 9.47 Å². The van der Waals surface area contributed by atoms with E-state index in [1.807, 2.05) is 6.07 Å². The Morgan fingerprint density at radius 1 is 1.23 bits per heavy atom. The van der Waals surface area contributed by atoms with Crippen molar-refractivity contribution in [2.75, 3.05) is 14.2 Å². The normalized spacial score (nSPS) is 9.08. The topological polar surface area (TPSA) is 42.2 Å². The fourth-order valence-corrected chi connectivity index (χ4v) is 1.55. The molecule has 3 nitrogen and oxygen atoms in total. The Labute approximate surface area is 85.0 Å². The third kappa shape index (κ3) is 1.76. The summed E-state index contributed by atoms with van der Waals surface area (Å²) in [6.07, 6.45) is 0. The van der Waals surface area contributed by atoms with Crippen LogP contribution in [0.5, 0.6) is 11.5 Å². The first kappa shape index (κ1) is 9.87. The zero-order valence-corrected chi connectivity index (χ0v) is 8.88. The maximum atomic E-state index is 8.83. The van der Waals surface area contributed by atoms with Crippen molar-refractivity contribution in [3.63, 3.8) is 0 Å². The van der Waals surface area contributed by atoms with Gasteiger partial charge in [0.1, 0.15) is 23.1 Å². The van der Waals surface area contributed by atoms with E-state index in [0.717, 1.165) is 0 Å². The molecular formula is C9H8BrNO2. The molecule has 1 rings (SSSR count). The van der Waals surface area contributed by atoms with Crippen LogP contribution in [0.4, 0.5) is 0 Å². The third-order valence-corrected chi connectivity index (χ3v) is 2.41. The van der Waals surface area contributed by atoms with Gasteiger partial charge >= 0.3 is 0 Å². The molecule has 0 atom stereocenters. The van der Waals surface area contributed by atoms with Crippen LogP contribution in [0, 0.1) is 11.3 Å². The Morgan fingerprint density at radius 3 is 2.23 bits per heavy atom. The molecular weight excluding hydrogens is 234 g/mol. The number of methoxy groups -OCH3 is 2. The summed E-state index contributed by atoms with van der Waals surface area (Å²) in [5.41, 5.74) is 0.446. The van der Waals surface area contributed by atoms with Gasteiger partial charge in [0.15, 0.2) is 0 Å². The zero-order chi connectivity index (χ0) is 9.84. The van der Waals surface area contributed by atoms with E-state index in [4.69, 9.17) is 14.7 Å². The molecule has 0 saturated carbocycles. The van der Waals surface area contributed by atoms with Crippen molar-refractivity contribution in [3.05, 3.63) is 22.2 Å². The quantitative estimate of drug-likeness (QED) is 0.799. The van der Waals surface area contributed by atoms with Gasteiger partial charge in [-0.2, -0.15) is 5.26 Å². The third-order valence-electron chi connectivity index (χ3n) is 1.62. The molecule has 0 aliphatic carbocycles. The monoisotopic (exact) mass is 241 g/mol. The summed E-state index contributed by atoms with van der Waals surface area (Å²) >= 11 is 3.27. The zero-order valence-electron chi connectivity index (χ0n) is 7.30. The van der Waals surface area contributed by atoms with E-state index in [1.54, 1.807) is 19.2 Å². The predicted molar refractivity (Wildman–Crippen MR) is 52.0 cm³/mol. The Bertz CT molecular complexity index is 357. The Balaban J connectivity index is 3.34. The number of ether oxygens (including phenoxy) is 2. The molecule has 0 aliphatic heterocycles. The highest BCUT2D eigenvalue weighted by molar-refractivity contribution is 9.10. The van der Waals surface area contributed by atoms with Gasteiger partial charge in [-0.15, -0.1) is 0 Å². The minimum Gasteiger partial charge on any atom is -0.496 e. The average molecular weight is 242 g/mol. The first-order chi connectivity index (χ1) is 6.24. The summed E-state index contributed by atoms with van der Waals surface area (Å²) in [5, 5.41) is 8.83. The number of rotatable bonds is 2. The Morgan fingerprint density at radius 2 is 1.77 bits per heavy atom. The number of nitrogens with zero attached hydrogens (tertiary/aromatic N) is 1. The summed E-state index contributed by atoms with van der Waals surface area (Å²) in [7, 11) is 3.07. The summed E-state index contributed by atoms with van der Waals surface area (Å²) in [6, 6.07) is 5.47. The molecule has 0 radical (unpaired) electrons. The lowest BCUT2D eigenvalue weighted by Crippen LogP contribution is -1.92. The van der Waals surface area contributed by atoms with E-state index < -0.39 is 0 Å². The lowest BCUT2D eigenvalue weighted by Gasteiger charge is -2.07. The standard InChI is InChI=1S/C9H8BrNO2/c1-12-7-3-4-8(13-2)9(10)6(7)5-11/h3-4H,1-2H3. The molecule has 0 spiro atoms. The van der Waals surface area contributed by atoms with Crippen LogP contribution >= 0.6 is 15.9 Å². The van der Waals surface area contributed by atoms with Crippen molar-refractivity contribution < 1.29 is 9.47 Å². The van der Waals surface area contributed by atoms with E-state index in [2.05, 4.69) is 15.9 Å². The Hall–Kier alpha value is -1.21. The number of nitriles is 1. The van der Waals surface area contributed by atoms with Gasteiger partial charge in [-0.1, -0.05) is 0 Å². The van der Waals surface area contributed by atoms with E-state index in [-0.39, 0.29) is 0 Å². The number of halogens is 1. The molecule has 0 fully saturated rings. The van der Waals surface area contributed by atoms with Gasteiger partial charge in [0.25, 0.3) is 0 Å². The maximum Gasteiger partial charge on any atom is 0.138 e. The molecule has 0 saturated heterocycles. The second-order valence-corrected chi connectivity index (χ2v) is 3.06. The molecule has 0 aliphatic rings. The minimum absolute atomic E-state index is 0.446. The largest absolute Gasteiger partial charge is 0.496 e. The van der Waals surface area contributed by atoms with Gasteiger partial charge in [0.05, 0.1) is 18.7 Å². The number of benzene rings is 1. The van der Waals surface area contributed by atoms with E-state index >= 15 is 0 Å². The molecule has 1 aromatic carbocycles. The minimum atomic E-state index is 0.446. The van der Waals surface area contributed by atoms with Gasteiger partial charge in [0, 0.05) is 0 Å². The highest BCUT2D eigenvalue weighted by Crippen LogP contribution is 2.34. The van der Waals surface area contributed by atoms with Crippen LogP contribution in [-0.2, 0) is 0 Å². The highest BCUT2D eigenvalue weighted by atomic mass is 79.9. The number of hydrogen-bond acceptors (Lipinski definition) is 3. The molecule has 0 aromatic heterocycles. The lowest BCUT2D eigenvalue weighted by atomic mass is 10.2. The highest BCUT2D eigenvalue weighted by Gasteiger charge is 2.11. The molecule has 0 amide bonds. The molecule has 0 N–H and O–H groups in total. The van der Waals surface area contributed by atoms with Gasteiger partial charge in [0.2, 0.25) is 0 Å². The van der Waals surface area contributed by atoms with Crippen molar-refractivity contribution in [1.29, 1.82) is 5.26 Å². The van der Waals surface area contributed by atoms with Crippen molar-refractivity contribution in [1.82, 2.24) is 0 Å². The van der Waals surface area contributed by atoms with Crippen molar-refractivity contribution in [2.45, 2.75) is 0 Å². The summed E-state index contributed by atoms with van der Waals surface area (Å²) < 4.78 is 10.7. The van der Waals surface area contributed by atoms with Crippen LogP contribution in [0.25, 0.3) is 0 Å². The molecule has 4 heteroatoms. The fraction of sp³-hybridized carbons (Fsp3) is 0.222.